The minimum Gasteiger partial charge on any atom is -0.341 e. The van der Waals surface area contributed by atoms with E-state index in [0.717, 1.165) is 19.3 Å². The zero-order chi connectivity index (χ0) is 11.6. The Kier molecular flexibility index (Phi) is 3.13. The number of carbonyl (C=O) groups excluding carboxylic acids is 1. The van der Waals surface area contributed by atoms with Crippen molar-refractivity contribution in [2.24, 2.45) is 11.3 Å². The Morgan fingerprint density at radius 3 is 2.44 bits per heavy atom. The van der Waals surface area contributed by atoms with Gasteiger partial charge in [0.25, 0.3) is 0 Å². The third kappa shape index (κ3) is 1.79. The maximum absolute atomic E-state index is 12.4. The number of piperidine rings is 1. The van der Waals surface area contributed by atoms with Crippen molar-refractivity contribution >= 4 is 5.91 Å². The summed E-state index contributed by atoms with van der Waals surface area (Å²) in [5, 5.41) is 9.08. The average molecular weight is 224 g/mol. The lowest BCUT2D eigenvalue weighted by Crippen LogP contribution is -2.49. The molecule has 0 spiro atoms. The lowest BCUT2D eigenvalue weighted by Gasteiger charge is -2.40. The third-order valence-electron chi connectivity index (χ3n) is 3.95. The highest BCUT2D eigenvalue weighted by Gasteiger charge is 2.47. The van der Waals surface area contributed by atoms with Gasteiger partial charge >= 0.3 is 0 Å². The van der Waals surface area contributed by atoms with E-state index in [1.165, 1.54) is 0 Å². The van der Waals surface area contributed by atoms with Gasteiger partial charge < -0.3 is 4.90 Å². The summed E-state index contributed by atoms with van der Waals surface area (Å²) in [7, 11) is 0. The van der Waals surface area contributed by atoms with Crippen LogP contribution in [0.4, 0.5) is 4.39 Å². The van der Waals surface area contributed by atoms with E-state index in [9.17, 15) is 9.18 Å². The van der Waals surface area contributed by atoms with Gasteiger partial charge in [0.1, 0.15) is 5.41 Å². The van der Waals surface area contributed by atoms with Crippen LogP contribution in [0, 0.1) is 22.7 Å². The molecular formula is C12H17FN2O. The van der Waals surface area contributed by atoms with E-state index in [4.69, 9.17) is 5.26 Å². The van der Waals surface area contributed by atoms with Gasteiger partial charge in [-0.25, -0.2) is 0 Å². The molecule has 88 valence electrons. The number of nitriles is 1. The number of likely N-dealkylation sites (tertiary alicyclic amines) is 1. The fourth-order valence-electron chi connectivity index (χ4n) is 2.50. The van der Waals surface area contributed by atoms with Gasteiger partial charge in [0, 0.05) is 13.1 Å². The summed E-state index contributed by atoms with van der Waals surface area (Å²) in [4.78, 5) is 13.9. The Hall–Kier alpha value is -1.11. The molecule has 0 unspecified atom stereocenters. The minimum absolute atomic E-state index is 0.0152. The Bertz CT molecular complexity index is 311. The van der Waals surface area contributed by atoms with Gasteiger partial charge in [-0.3, -0.25) is 9.18 Å². The van der Waals surface area contributed by atoms with Gasteiger partial charge in [0.05, 0.1) is 12.7 Å². The lowest BCUT2D eigenvalue weighted by atomic mass is 9.68. The van der Waals surface area contributed by atoms with Crippen LogP contribution >= 0.6 is 0 Å². The second kappa shape index (κ2) is 4.40. The number of alkyl halides is 1. The van der Waals surface area contributed by atoms with Crippen molar-refractivity contribution in [3.8, 4) is 6.07 Å². The molecule has 1 heterocycles. The minimum atomic E-state index is -0.734. The van der Waals surface area contributed by atoms with Crippen molar-refractivity contribution < 1.29 is 9.18 Å². The smallest absolute Gasteiger partial charge is 0.243 e. The molecule has 2 aliphatic rings. The molecule has 1 saturated carbocycles. The van der Waals surface area contributed by atoms with E-state index in [2.05, 4.69) is 6.07 Å². The highest BCUT2D eigenvalue weighted by atomic mass is 19.1. The number of halogens is 1. The summed E-state index contributed by atoms with van der Waals surface area (Å²) in [6.07, 6.45) is 3.85. The first kappa shape index (κ1) is 11.4. The number of rotatable bonds is 2. The molecule has 0 aromatic rings. The van der Waals surface area contributed by atoms with Crippen LogP contribution in [0.15, 0.2) is 0 Å². The molecule has 1 aliphatic carbocycles. The maximum atomic E-state index is 12.4. The van der Waals surface area contributed by atoms with Gasteiger partial charge in [-0.15, -0.1) is 0 Å². The molecule has 1 aliphatic heterocycles. The standard InChI is InChI=1S/C12H17FN2O/c13-8-10-2-6-15(7-3-10)11(16)12(9-14)4-1-5-12/h10H,1-8H2. The van der Waals surface area contributed by atoms with E-state index >= 15 is 0 Å². The molecule has 0 aromatic carbocycles. The first-order valence-corrected chi connectivity index (χ1v) is 5.98. The van der Waals surface area contributed by atoms with Crippen LogP contribution in [0.25, 0.3) is 0 Å². The second-order valence-electron chi connectivity index (χ2n) is 4.94. The van der Waals surface area contributed by atoms with Gasteiger partial charge in [-0.1, -0.05) is 0 Å². The van der Waals surface area contributed by atoms with Crippen molar-refractivity contribution in [3.05, 3.63) is 0 Å². The van der Waals surface area contributed by atoms with E-state index < -0.39 is 5.41 Å². The largest absolute Gasteiger partial charge is 0.341 e. The average Bonchev–Trinajstić information content (AvgIpc) is 2.28. The summed E-state index contributed by atoms with van der Waals surface area (Å²) >= 11 is 0. The molecule has 0 N–H and O–H groups in total. The highest BCUT2D eigenvalue weighted by molar-refractivity contribution is 5.86. The summed E-state index contributed by atoms with van der Waals surface area (Å²) in [5.41, 5.74) is -0.734. The van der Waals surface area contributed by atoms with Crippen molar-refractivity contribution in [3.63, 3.8) is 0 Å². The van der Waals surface area contributed by atoms with E-state index in [0.29, 0.717) is 25.9 Å². The molecule has 1 saturated heterocycles. The van der Waals surface area contributed by atoms with Gasteiger partial charge in [0.2, 0.25) is 5.91 Å². The normalized spacial score (nSPS) is 24.6. The van der Waals surface area contributed by atoms with Crippen LogP contribution in [-0.4, -0.2) is 30.6 Å². The maximum Gasteiger partial charge on any atom is 0.243 e. The summed E-state index contributed by atoms with van der Waals surface area (Å²) in [6, 6.07) is 2.17. The summed E-state index contributed by atoms with van der Waals surface area (Å²) in [5.74, 6) is 0.0991. The highest BCUT2D eigenvalue weighted by Crippen LogP contribution is 2.42. The zero-order valence-corrected chi connectivity index (χ0v) is 9.41. The molecule has 0 radical (unpaired) electrons. The molecule has 0 aromatic heterocycles. The van der Waals surface area contributed by atoms with E-state index in [-0.39, 0.29) is 18.5 Å². The Morgan fingerprint density at radius 2 is 2.06 bits per heavy atom. The Morgan fingerprint density at radius 1 is 1.44 bits per heavy atom. The van der Waals surface area contributed by atoms with Crippen LogP contribution < -0.4 is 0 Å². The van der Waals surface area contributed by atoms with Crippen molar-refractivity contribution in [2.75, 3.05) is 19.8 Å². The fourth-order valence-corrected chi connectivity index (χ4v) is 2.50. The van der Waals surface area contributed by atoms with Crippen molar-refractivity contribution in [2.45, 2.75) is 32.1 Å². The van der Waals surface area contributed by atoms with Gasteiger partial charge in [-0.2, -0.15) is 5.26 Å². The number of nitrogens with zero attached hydrogens (tertiary/aromatic N) is 2. The number of hydrogen-bond donors (Lipinski definition) is 0. The Balaban J connectivity index is 1.94. The van der Waals surface area contributed by atoms with E-state index in [1.807, 2.05) is 0 Å². The van der Waals surface area contributed by atoms with Crippen molar-refractivity contribution in [1.82, 2.24) is 4.90 Å². The molecule has 2 fully saturated rings. The molecule has 4 heteroatoms. The van der Waals surface area contributed by atoms with Crippen LogP contribution in [0.3, 0.4) is 0 Å². The predicted molar refractivity (Wildman–Crippen MR) is 57.2 cm³/mol. The predicted octanol–water partition coefficient (Wildman–Crippen LogP) is 1.89. The summed E-state index contributed by atoms with van der Waals surface area (Å²) in [6.45, 7) is 0.957. The van der Waals surface area contributed by atoms with Crippen molar-refractivity contribution in [1.29, 1.82) is 5.26 Å². The molecule has 16 heavy (non-hydrogen) atoms. The van der Waals surface area contributed by atoms with E-state index in [1.54, 1.807) is 4.90 Å². The topological polar surface area (TPSA) is 44.1 Å². The van der Waals surface area contributed by atoms with Crippen LogP contribution in [-0.2, 0) is 4.79 Å². The van der Waals surface area contributed by atoms with Gasteiger partial charge in [-0.05, 0) is 38.0 Å². The number of hydrogen-bond acceptors (Lipinski definition) is 2. The van der Waals surface area contributed by atoms with Crippen LogP contribution in [0.5, 0.6) is 0 Å². The molecule has 0 bridgehead atoms. The molecule has 1 amide bonds. The zero-order valence-electron chi connectivity index (χ0n) is 9.41. The first-order valence-electron chi connectivity index (χ1n) is 5.98. The lowest BCUT2D eigenvalue weighted by molar-refractivity contribution is -0.144. The first-order chi connectivity index (χ1) is 7.72. The molecule has 2 rings (SSSR count). The monoisotopic (exact) mass is 224 g/mol. The molecule has 3 nitrogen and oxygen atoms in total. The van der Waals surface area contributed by atoms with Crippen LogP contribution in [0.1, 0.15) is 32.1 Å². The second-order valence-corrected chi connectivity index (χ2v) is 4.94. The molecular weight excluding hydrogens is 207 g/mol. The van der Waals surface area contributed by atoms with Gasteiger partial charge in [0.15, 0.2) is 0 Å². The quantitative estimate of drug-likeness (QED) is 0.719. The number of carbonyl (C=O) groups is 1. The fraction of sp³-hybridized carbons (Fsp3) is 0.833. The Labute approximate surface area is 95.2 Å². The number of amides is 1. The third-order valence-corrected chi connectivity index (χ3v) is 3.95. The van der Waals surface area contributed by atoms with Crippen LogP contribution in [0.2, 0.25) is 0 Å². The SMILES string of the molecule is N#CC1(C(=O)N2CCC(CF)CC2)CCC1. The molecule has 0 atom stereocenters. The summed E-state index contributed by atoms with van der Waals surface area (Å²) < 4.78 is 12.4.